The lowest BCUT2D eigenvalue weighted by molar-refractivity contribution is 0.438. The summed E-state index contributed by atoms with van der Waals surface area (Å²) in [7, 11) is -4.17. The molecule has 118 valence electrons. The molecule has 0 spiro atoms. The van der Waals surface area contributed by atoms with Crippen molar-refractivity contribution in [3.8, 4) is 0 Å². The molecule has 0 bridgehead atoms. The molecule has 7 heteroatoms. The van der Waals surface area contributed by atoms with E-state index < -0.39 is 20.8 Å². The summed E-state index contributed by atoms with van der Waals surface area (Å²) >= 11 is 0. The van der Waals surface area contributed by atoms with Gasteiger partial charge >= 0.3 is 0 Å². The quantitative estimate of drug-likeness (QED) is 0.833. The Morgan fingerprint density at radius 1 is 1.14 bits per heavy atom. The Bertz CT molecular complexity index is 575. The maximum atomic E-state index is 12.3. The Labute approximate surface area is 129 Å². The van der Waals surface area contributed by atoms with Crippen LogP contribution in [0.2, 0.25) is 0 Å². The van der Waals surface area contributed by atoms with Gasteiger partial charge in [-0.3, -0.25) is 4.21 Å². The van der Waals surface area contributed by atoms with Gasteiger partial charge in [0, 0.05) is 41.9 Å². The SMILES string of the molecule is CCNCc1ccc(CS(=O)(=O)N2CCS(=O)CC2)cc1. The normalized spacial score (nSPS) is 18.0. The number of nitrogens with one attached hydrogen (secondary N) is 1. The van der Waals surface area contributed by atoms with Crippen molar-refractivity contribution in [2.75, 3.05) is 31.1 Å². The minimum atomic E-state index is -3.31. The van der Waals surface area contributed by atoms with Crippen molar-refractivity contribution in [3.63, 3.8) is 0 Å². The monoisotopic (exact) mass is 330 g/mol. The first-order valence-electron chi connectivity index (χ1n) is 7.12. The maximum absolute atomic E-state index is 12.3. The van der Waals surface area contributed by atoms with Crippen molar-refractivity contribution in [3.05, 3.63) is 35.4 Å². The fraction of sp³-hybridized carbons (Fsp3) is 0.571. The molecule has 0 aliphatic carbocycles. The molecule has 0 radical (unpaired) electrons. The van der Waals surface area contributed by atoms with Crippen LogP contribution in [-0.4, -0.2) is 48.1 Å². The molecule has 2 rings (SSSR count). The van der Waals surface area contributed by atoms with Gasteiger partial charge in [0.05, 0.1) is 5.75 Å². The van der Waals surface area contributed by atoms with E-state index in [0.29, 0.717) is 24.6 Å². The summed E-state index contributed by atoms with van der Waals surface area (Å²) in [5, 5.41) is 3.23. The number of hydrogen-bond donors (Lipinski definition) is 1. The minimum absolute atomic E-state index is 0.0150. The van der Waals surface area contributed by atoms with Gasteiger partial charge in [0.1, 0.15) is 0 Å². The highest BCUT2D eigenvalue weighted by Gasteiger charge is 2.26. The third-order valence-corrected chi connectivity index (χ3v) is 6.61. The second-order valence-electron chi connectivity index (χ2n) is 5.10. The van der Waals surface area contributed by atoms with Crippen LogP contribution < -0.4 is 5.32 Å². The average Bonchev–Trinajstić information content (AvgIpc) is 2.47. The molecule has 0 saturated carbocycles. The van der Waals surface area contributed by atoms with E-state index in [2.05, 4.69) is 5.32 Å². The van der Waals surface area contributed by atoms with Gasteiger partial charge in [-0.1, -0.05) is 31.2 Å². The van der Waals surface area contributed by atoms with Crippen molar-refractivity contribution < 1.29 is 12.6 Å². The Balaban J connectivity index is 1.98. The summed E-state index contributed by atoms with van der Waals surface area (Å²) < 4.78 is 37.4. The zero-order valence-corrected chi connectivity index (χ0v) is 13.9. The van der Waals surface area contributed by atoms with Crippen LogP contribution in [0, 0.1) is 0 Å². The molecule has 1 aliphatic heterocycles. The van der Waals surface area contributed by atoms with Crippen LogP contribution in [-0.2, 0) is 33.1 Å². The van der Waals surface area contributed by atoms with Crippen LogP contribution in [0.5, 0.6) is 0 Å². The second kappa shape index (κ2) is 7.49. The van der Waals surface area contributed by atoms with E-state index in [0.717, 1.165) is 24.2 Å². The molecule has 1 aliphatic rings. The fourth-order valence-electron chi connectivity index (χ4n) is 2.22. The van der Waals surface area contributed by atoms with Gasteiger partial charge in [-0.05, 0) is 17.7 Å². The standard InChI is InChI=1S/C14H22N2O3S2/c1-2-15-11-13-3-5-14(6-4-13)12-21(18,19)16-7-9-20(17)10-8-16/h3-6,15H,2,7-12H2,1H3. The lowest BCUT2D eigenvalue weighted by atomic mass is 10.1. The van der Waals surface area contributed by atoms with E-state index in [1.807, 2.05) is 31.2 Å². The van der Waals surface area contributed by atoms with E-state index in [9.17, 15) is 12.6 Å². The molecular formula is C14H22N2O3S2. The van der Waals surface area contributed by atoms with Gasteiger partial charge < -0.3 is 5.32 Å². The lowest BCUT2D eigenvalue weighted by Gasteiger charge is -2.25. The predicted molar refractivity (Wildman–Crippen MR) is 85.9 cm³/mol. The zero-order valence-electron chi connectivity index (χ0n) is 12.2. The van der Waals surface area contributed by atoms with Gasteiger partial charge in [0.2, 0.25) is 10.0 Å². The molecule has 1 N–H and O–H groups in total. The van der Waals surface area contributed by atoms with Crippen molar-refractivity contribution in [1.29, 1.82) is 0 Å². The Kier molecular flexibility index (Phi) is 5.92. The summed E-state index contributed by atoms with van der Waals surface area (Å²) in [6, 6.07) is 7.65. The molecule has 0 unspecified atom stereocenters. The maximum Gasteiger partial charge on any atom is 0.218 e. The molecule has 0 atom stereocenters. The average molecular weight is 330 g/mol. The van der Waals surface area contributed by atoms with E-state index in [1.54, 1.807) is 0 Å². The molecule has 1 fully saturated rings. The van der Waals surface area contributed by atoms with E-state index in [1.165, 1.54) is 4.31 Å². The largest absolute Gasteiger partial charge is 0.313 e. The molecule has 1 aromatic carbocycles. The Hall–Kier alpha value is -0.760. The number of hydrogen-bond acceptors (Lipinski definition) is 4. The molecule has 1 aromatic rings. The highest BCUT2D eigenvalue weighted by Crippen LogP contribution is 2.14. The first-order valence-corrected chi connectivity index (χ1v) is 10.2. The van der Waals surface area contributed by atoms with Crippen LogP contribution in [0.15, 0.2) is 24.3 Å². The fourth-order valence-corrected chi connectivity index (χ4v) is 5.04. The lowest BCUT2D eigenvalue weighted by Crippen LogP contribution is -2.42. The summed E-state index contributed by atoms with van der Waals surface area (Å²) in [5.74, 6) is 0.906. The molecule has 1 saturated heterocycles. The topological polar surface area (TPSA) is 66.5 Å². The van der Waals surface area contributed by atoms with E-state index >= 15 is 0 Å². The van der Waals surface area contributed by atoms with Crippen molar-refractivity contribution in [2.45, 2.75) is 19.2 Å². The summed E-state index contributed by atoms with van der Waals surface area (Å²) in [6.45, 7) is 4.49. The molecule has 1 heterocycles. The Morgan fingerprint density at radius 3 is 2.29 bits per heavy atom. The van der Waals surface area contributed by atoms with E-state index in [-0.39, 0.29) is 5.75 Å². The predicted octanol–water partition coefficient (Wildman–Crippen LogP) is 0.690. The van der Waals surface area contributed by atoms with Crippen LogP contribution in [0.25, 0.3) is 0 Å². The number of nitrogens with zero attached hydrogens (tertiary/aromatic N) is 1. The number of sulfonamides is 1. The minimum Gasteiger partial charge on any atom is -0.313 e. The first-order chi connectivity index (χ1) is 10.0. The van der Waals surface area contributed by atoms with Crippen LogP contribution in [0.3, 0.4) is 0 Å². The highest BCUT2D eigenvalue weighted by molar-refractivity contribution is 7.88. The summed E-state index contributed by atoms with van der Waals surface area (Å²) in [4.78, 5) is 0. The summed E-state index contributed by atoms with van der Waals surface area (Å²) in [5.41, 5.74) is 1.94. The van der Waals surface area contributed by atoms with Crippen molar-refractivity contribution >= 4 is 20.8 Å². The Morgan fingerprint density at radius 2 is 1.71 bits per heavy atom. The van der Waals surface area contributed by atoms with Gasteiger partial charge in [0.25, 0.3) is 0 Å². The van der Waals surface area contributed by atoms with Crippen LogP contribution in [0.1, 0.15) is 18.1 Å². The highest BCUT2D eigenvalue weighted by atomic mass is 32.2. The third kappa shape index (κ3) is 4.88. The molecule has 5 nitrogen and oxygen atoms in total. The second-order valence-corrected chi connectivity index (χ2v) is 8.77. The van der Waals surface area contributed by atoms with Crippen LogP contribution >= 0.6 is 0 Å². The van der Waals surface area contributed by atoms with Crippen molar-refractivity contribution in [2.24, 2.45) is 0 Å². The van der Waals surface area contributed by atoms with Crippen molar-refractivity contribution in [1.82, 2.24) is 9.62 Å². The van der Waals surface area contributed by atoms with Crippen LogP contribution in [0.4, 0.5) is 0 Å². The molecular weight excluding hydrogens is 308 g/mol. The third-order valence-electron chi connectivity index (χ3n) is 3.48. The van der Waals surface area contributed by atoms with E-state index in [4.69, 9.17) is 0 Å². The zero-order chi connectivity index (χ0) is 15.3. The van der Waals surface area contributed by atoms with Gasteiger partial charge in [0.15, 0.2) is 0 Å². The molecule has 21 heavy (non-hydrogen) atoms. The smallest absolute Gasteiger partial charge is 0.218 e. The molecule has 0 amide bonds. The van der Waals surface area contributed by atoms with Gasteiger partial charge in [-0.2, -0.15) is 4.31 Å². The molecule has 0 aromatic heterocycles. The number of rotatable bonds is 6. The van der Waals surface area contributed by atoms with Gasteiger partial charge in [-0.25, -0.2) is 8.42 Å². The first kappa shape index (κ1) is 16.6. The van der Waals surface area contributed by atoms with Gasteiger partial charge in [-0.15, -0.1) is 0 Å². The number of benzene rings is 1. The summed E-state index contributed by atoms with van der Waals surface area (Å²) in [6.07, 6.45) is 0.